The van der Waals surface area contributed by atoms with E-state index in [2.05, 4.69) is 0 Å². The Kier molecular flexibility index (Phi) is 4.98. The van der Waals surface area contributed by atoms with Crippen LogP contribution in [0.25, 0.3) is 0 Å². The van der Waals surface area contributed by atoms with Crippen molar-refractivity contribution in [2.45, 2.75) is 49.5 Å². The van der Waals surface area contributed by atoms with Crippen molar-refractivity contribution in [3.05, 3.63) is 23.2 Å². The van der Waals surface area contributed by atoms with Crippen molar-refractivity contribution in [1.29, 1.82) is 0 Å². The van der Waals surface area contributed by atoms with Gasteiger partial charge in [-0.2, -0.15) is 0 Å². The third-order valence-electron chi connectivity index (χ3n) is 3.28. The molecule has 0 saturated heterocycles. The van der Waals surface area contributed by atoms with Crippen molar-refractivity contribution in [3.63, 3.8) is 0 Å². The number of rotatable bonds is 3. The second-order valence-electron chi connectivity index (χ2n) is 4.76. The molecule has 1 aromatic carbocycles. The van der Waals surface area contributed by atoms with Crippen molar-refractivity contribution in [1.82, 2.24) is 0 Å². The van der Waals surface area contributed by atoms with Crippen LogP contribution in [0.2, 0.25) is 5.02 Å². The number of halogens is 2. The summed E-state index contributed by atoms with van der Waals surface area (Å²) in [6.45, 7) is 0. The van der Waals surface area contributed by atoms with Gasteiger partial charge in [0.2, 0.25) is 0 Å². The smallest absolute Gasteiger partial charge is 0.261 e. The molecule has 0 atom stereocenters. The molecule has 0 aromatic heterocycles. The van der Waals surface area contributed by atoms with E-state index >= 15 is 0 Å². The van der Waals surface area contributed by atoms with Crippen LogP contribution in [0.15, 0.2) is 23.1 Å². The van der Waals surface area contributed by atoms with E-state index in [1.165, 1.54) is 25.0 Å². The summed E-state index contributed by atoms with van der Waals surface area (Å²) in [7, 11) is 1.52. The highest BCUT2D eigenvalue weighted by Crippen LogP contribution is 2.31. The molecule has 1 saturated carbocycles. The van der Waals surface area contributed by atoms with E-state index in [4.69, 9.17) is 27.0 Å². The quantitative estimate of drug-likeness (QED) is 0.613. The summed E-state index contributed by atoms with van der Waals surface area (Å²) < 4.78 is 28.3. The van der Waals surface area contributed by atoms with Gasteiger partial charge >= 0.3 is 0 Å². The lowest BCUT2D eigenvalue weighted by atomic mass is 10.1. The average molecular weight is 323 g/mol. The van der Waals surface area contributed by atoms with Crippen molar-refractivity contribution in [2.75, 3.05) is 0 Å². The molecule has 0 bridgehead atoms. The van der Waals surface area contributed by atoms with Gasteiger partial charge in [-0.15, -0.1) is 0 Å². The highest BCUT2D eigenvalue weighted by Gasteiger charge is 2.17. The van der Waals surface area contributed by atoms with Crippen LogP contribution in [0.3, 0.4) is 0 Å². The zero-order valence-electron chi connectivity index (χ0n) is 10.4. The first-order valence-corrected chi connectivity index (χ1v) is 9.06. The molecular weight excluding hydrogens is 307 g/mol. The molecule has 0 unspecified atom stereocenters. The molecule has 19 heavy (non-hydrogen) atoms. The summed E-state index contributed by atoms with van der Waals surface area (Å²) in [5.41, 5.74) is 0. The molecule has 1 aromatic rings. The summed E-state index contributed by atoms with van der Waals surface area (Å²) in [6.07, 6.45) is 7.03. The lowest BCUT2D eigenvalue weighted by Crippen LogP contribution is -2.15. The van der Waals surface area contributed by atoms with Gasteiger partial charge in [-0.05, 0) is 43.9 Å². The van der Waals surface area contributed by atoms with Gasteiger partial charge in [0.15, 0.2) is 0 Å². The van der Waals surface area contributed by atoms with E-state index in [0.717, 1.165) is 25.7 Å². The maximum atomic E-state index is 11.2. The normalized spacial score (nSPS) is 18.0. The monoisotopic (exact) mass is 322 g/mol. The predicted octanol–water partition coefficient (Wildman–Crippen LogP) is 4.37. The standard InChI is InChI=1S/C13H16Cl2O3S/c14-12-9-11(19(15,16)17)7-8-13(12)18-10-5-3-1-2-4-6-10/h7-10H,1-6H2. The van der Waals surface area contributed by atoms with Crippen molar-refractivity contribution < 1.29 is 13.2 Å². The van der Waals surface area contributed by atoms with E-state index in [1.807, 2.05) is 0 Å². The van der Waals surface area contributed by atoms with Gasteiger partial charge < -0.3 is 4.74 Å². The summed E-state index contributed by atoms with van der Waals surface area (Å²) in [5, 5.41) is 0.283. The molecule has 0 aliphatic heterocycles. The third kappa shape index (κ3) is 4.26. The van der Waals surface area contributed by atoms with Crippen molar-refractivity contribution in [2.24, 2.45) is 0 Å². The van der Waals surface area contributed by atoms with Crippen LogP contribution in [-0.4, -0.2) is 14.5 Å². The van der Waals surface area contributed by atoms with Crippen LogP contribution in [-0.2, 0) is 9.05 Å². The van der Waals surface area contributed by atoms with Gasteiger partial charge in [-0.1, -0.05) is 24.4 Å². The Morgan fingerprint density at radius 2 is 1.74 bits per heavy atom. The van der Waals surface area contributed by atoms with Gasteiger partial charge in [-0.3, -0.25) is 0 Å². The van der Waals surface area contributed by atoms with Crippen molar-refractivity contribution in [3.8, 4) is 5.75 Å². The van der Waals surface area contributed by atoms with Crippen LogP contribution in [0.4, 0.5) is 0 Å². The Balaban J connectivity index is 2.12. The Labute approximate surface area is 123 Å². The fourth-order valence-electron chi connectivity index (χ4n) is 2.27. The molecular formula is C13H16Cl2O3S. The van der Waals surface area contributed by atoms with E-state index in [0.29, 0.717) is 5.75 Å². The van der Waals surface area contributed by atoms with Crippen LogP contribution in [0.5, 0.6) is 5.75 Å². The maximum absolute atomic E-state index is 11.2. The van der Waals surface area contributed by atoms with E-state index in [9.17, 15) is 8.42 Å². The van der Waals surface area contributed by atoms with Crippen LogP contribution < -0.4 is 4.74 Å². The van der Waals surface area contributed by atoms with Gasteiger partial charge in [-0.25, -0.2) is 8.42 Å². The van der Waals surface area contributed by atoms with Crippen LogP contribution in [0, 0.1) is 0 Å². The van der Waals surface area contributed by atoms with Gasteiger partial charge in [0.05, 0.1) is 16.0 Å². The lowest BCUT2D eigenvalue weighted by Gasteiger charge is -2.18. The predicted molar refractivity (Wildman–Crippen MR) is 76.6 cm³/mol. The number of hydrogen-bond donors (Lipinski definition) is 0. The molecule has 1 aliphatic rings. The molecule has 0 N–H and O–H groups in total. The Morgan fingerprint density at radius 3 is 2.26 bits per heavy atom. The minimum Gasteiger partial charge on any atom is -0.489 e. The second-order valence-corrected chi connectivity index (χ2v) is 7.73. The minimum atomic E-state index is -3.75. The molecule has 1 fully saturated rings. The average Bonchev–Trinajstić information content (AvgIpc) is 2.59. The van der Waals surface area contributed by atoms with Gasteiger partial charge in [0.1, 0.15) is 5.75 Å². The van der Waals surface area contributed by atoms with Crippen molar-refractivity contribution >= 4 is 31.3 Å². The number of hydrogen-bond acceptors (Lipinski definition) is 3. The van der Waals surface area contributed by atoms with E-state index in [1.54, 1.807) is 6.07 Å². The fourth-order valence-corrected chi connectivity index (χ4v) is 3.34. The summed E-state index contributed by atoms with van der Waals surface area (Å²) in [4.78, 5) is -0.00705. The molecule has 0 spiro atoms. The molecule has 0 radical (unpaired) electrons. The summed E-state index contributed by atoms with van der Waals surface area (Å²) in [5.74, 6) is 0.526. The zero-order valence-corrected chi connectivity index (χ0v) is 12.8. The maximum Gasteiger partial charge on any atom is 0.261 e. The number of ether oxygens (including phenoxy) is 1. The Bertz CT molecular complexity index is 535. The Morgan fingerprint density at radius 1 is 1.11 bits per heavy atom. The SMILES string of the molecule is O=S(=O)(Cl)c1ccc(OC2CCCCCC2)c(Cl)c1. The zero-order chi connectivity index (χ0) is 13.9. The first-order chi connectivity index (χ1) is 8.97. The molecule has 2 rings (SSSR count). The summed E-state index contributed by atoms with van der Waals surface area (Å²) in [6, 6.07) is 4.32. The molecule has 0 heterocycles. The topological polar surface area (TPSA) is 43.4 Å². The van der Waals surface area contributed by atoms with E-state index < -0.39 is 9.05 Å². The molecule has 1 aliphatic carbocycles. The molecule has 106 valence electrons. The number of benzene rings is 1. The third-order valence-corrected chi connectivity index (χ3v) is 4.93. The first kappa shape index (κ1) is 14.9. The minimum absolute atomic E-state index is 0.00705. The Hall–Kier alpha value is -0.450. The van der Waals surface area contributed by atoms with Gasteiger partial charge in [0.25, 0.3) is 9.05 Å². The summed E-state index contributed by atoms with van der Waals surface area (Å²) >= 11 is 6.05. The fraction of sp³-hybridized carbons (Fsp3) is 0.538. The lowest BCUT2D eigenvalue weighted by molar-refractivity contribution is 0.184. The highest BCUT2D eigenvalue weighted by molar-refractivity contribution is 8.13. The first-order valence-electron chi connectivity index (χ1n) is 6.38. The van der Waals surface area contributed by atoms with E-state index in [-0.39, 0.29) is 16.0 Å². The molecule has 6 heteroatoms. The highest BCUT2D eigenvalue weighted by atomic mass is 35.7. The van der Waals surface area contributed by atoms with Crippen LogP contribution in [0.1, 0.15) is 38.5 Å². The molecule has 0 amide bonds. The van der Waals surface area contributed by atoms with Gasteiger partial charge in [0, 0.05) is 10.7 Å². The molecule has 3 nitrogen and oxygen atoms in total. The van der Waals surface area contributed by atoms with Crippen LogP contribution >= 0.6 is 22.3 Å². The largest absolute Gasteiger partial charge is 0.489 e. The second kappa shape index (κ2) is 6.33.